The maximum Gasteiger partial charge on any atom is 0.0254 e. The normalized spacial score (nSPS) is 15.3. The van der Waals surface area contributed by atoms with Gasteiger partial charge in [0.1, 0.15) is 0 Å². The third-order valence-electron chi connectivity index (χ3n) is 7.10. The molecule has 0 amide bonds. The Morgan fingerprint density at radius 3 is 2.31 bits per heavy atom. The Morgan fingerprint density at radius 1 is 0.688 bits per heavy atom. The number of rotatable bonds is 1. The van der Waals surface area contributed by atoms with Gasteiger partial charge in [-0.2, -0.15) is 0 Å². The summed E-state index contributed by atoms with van der Waals surface area (Å²) in [5.41, 5.74) is 5.33. The largest absolute Gasteiger partial charge is 0.0744 e. The molecular formula is C31H21Br. The topological polar surface area (TPSA) is 0 Å². The van der Waals surface area contributed by atoms with Crippen molar-refractivity contribution in [1.29, 1.82) is 0 Å². The molecule has 152 valence electrons. The third-order valence-corrected chi connectivity index (χ3v) is 7.79. The van der Waals surface area contributed by atoms with Crippen molar-refractivity contribution in [2.45, 2.75) is 13.8 Å². The van der Waals surface area contributed by atoms with Crippen LogP contribution in [0.25, 0.3) is 61.7 Å². The van der Waals surface area contributed by atoms with Crippen LogP contribution in [0.4, 0.5) is 0 Å². The van der Waals surface area contributed by atoms with E-state index in [0.29, 0.717) is 0 Å². The molecule has 0 bridgehead atoms. The van der Waals surface area contributed by atoms with Gasteiger partial charge in [0.25, 0.3) is 0 Å². The second-order valence-electron chi connectivity index (χ2n) is 9.67. The zero-order chi connectivity index (χ0) is 21.6. The van der Waals surface area contributed by atoms with Crippen LogP contribution in [-0.2, 0) is 0 Å². The Hall–Kier alpha value is -3.16. The molecule has 2 aliphatic carbocycles. The number of benzene rings is 5. The van der Waals surface area contributed by atoms with Crippen LogP contribution in [0.1, 0.15) is 25.0 Å². The minimum atomic E-state index is 0.0786. The van der Waals surface area contributed by atoms with Gasteiger partial charge in [0.2, 0.25) is 0 Å². The van der Waals surface area contributed by atoms with Gasteiger partial charge in [-0.05, 0) is 83.2 Å². The smallest absolute Gasteiger partial charge is 0.0254 e. The Balaban J connectivity index is 1.62. The van der Waals surface area contributed by atoms with Gasteiger partial charge < -0.3 is 0 Å². The van der Waals surface area contributed by atoms with E-state index < -0.39 is 0 Å². The molecule has 5 aromatic rings. The molecule has 0 fully saturated rings. The highest BCUT2D eigenvalue weighted by molar-refractivity contribution is 9.10. The highest BCUT2D eigenvalue weighted by Gasteiger charge is 2.20. The Kier molecular flexibility index (Phi) is 3.57. The molecule has 0 aliphatic heterocycles. The van der Waals surface area contributed by atoms with Crippen LogP contribution in [0.2, 0.25) is 0 Å². The van der Waals surface area contributed by atoms with E-state index in [4.69, 9.17) is 0 Å². The molecule has 32 heavy (non-hydrogen) atoms. The van der Waals surface area contributed by atoms with E-state index in [1.165, 1.54) is 65.0 Å². The molecule has 0 spiro atoms. The van der Waals surface area contributed by atoms with Crippen LogP contribution in [0.3, 0.4) is 0 Å². The molecule has 0 radical (unpaired) electrons. The van der Waals surface area contributed by atoms with E-state index in [2.05, 4.69) is 121 Å². The number of halogens is 1. The summed E-state index contributed by atoms with van der Waals surface area (Å²) in [7, 11) is 0. The van der Waals surface area contributed by atoms with Crippen molar-refractivity contribution in [2.24, 2.45) is 5.41 Å². The minimum Gasteiger partial charge on any atom is -0.0744 e. The average Bonchev–Trinajstić information content (AvgIpc) is 3.17. The standard InChI is InChI=1S/C31H21Br/c1-31(2)14-13-18-15-20-16-19-7-8-23(22-11-12-28(32)24-6-4-3-5-21(22)24)25-9-10-26(27(18)17-31)30(20)29(19)25/h3-17H,1-2H3. The van der Waals surface area contributed by atoms with Crippen molar-refractivity contribution in [2.75, 3.05) is 0 Å². The fourth-order valence-electron chi connectivity index (χ4n) is 5.63. The van der Waals surface area contributed by atoms with E-state index in [1.54, 1.807) is 0 Å². The number of hydrogen-bond acceptors (Lipinski definition) is 0. The Morgan fingerprint density at radius 2 is 1.44 bits per heavy atom. The molecule has 1 heteroatoms. The molecule has 0 saturated carbocycles. The summed E-state index contributed by atoms with van der Waals surface area (Å²) in [6.45, 7) is 4.56. The SMILES string of the molecule is CC1(C)C=Cc2cc3c4c(ccc5c(-c6ccc(Br)c7ccccc67)ccc(c54)C=3)c2=C1. The van der Waals surface area contributed by atoms with E-state index >= 15 is 0 Å². The van der Waals surface area contributed by atoms with Crippen LogP contribution in [-0.4, -0.2) is 0 Å². The third kappa shape index (κ3) is 2.43. The zero-order valence-corrected chi connectivity index (χ0v) is 19.6. The van der Waals surface area contributed by atoms with Crippen molar-refractivity contribution >= 4 is 66.5 Å². The predicted molar refractivity (Wildman–Crippen MR) is 142 cm³/mol. The first-order valence-electron chi connectivity index (χ1n) is 11.1. The molecule has 0 nitrogen and oxygen atoms in total. The lowest BCUT2D eigenvalue weighted by Gasteiger charge is -2.20. The van der Waals surface area contributed by atoms with Crippen LogP contribution >= 0.6 is 15.9 Å². The molecule has 0 saturated heterocycles. The van der Waals surface area contributed by atoms with Gasteiger partial charge in [-0.3, -0.25) is 0 Å². The summed E-state index contributed by atoms with van der Waals surface area (Å²) < 4.78 is 1.14. The van der Waals surface area contributed by atoms with Gasteiger partial charge in [-0.1, -0.05) is 103 Å². The molecule has 0 atom stereocenters. The van der Waals surface area contributed by atoms with Gasteiger partial charge in [0.15, 0.2) is 0 Å². The fraction of sp³-hybridized carbons (Fsp3) is 0.0968. The van der Waals surface area contributed by atoms with Crippen molar-refractivity contribution in [3.63, 3.8) is 0 Å². The lowest BCUT2D eigenvalue weighted by molar-refractivity contribution is 0.670. The first-order chi connectivity index (χ1) is 15.5. The average molecular weight is 473 g/mol. The lowest BCUT2D eigenvalue weighted by atomic mass is 9.84. The van der Waals surface area contributed by atoms with Gasteiger partial charge >= 0.3 is 0 Å². The monoisotopic (exact) mass is 472 g/mol. The minimum absolute atomic E-state index is 0.0786. The van der Waals surface area contributed by atoms with Crippen molar-refractivity contribution < 1.29 is 0 Å². The van der Waals surface area contributed by atoms with E-state index in [1.807, 2.05) is 0 Å². The highest BCUT2D eigenvalue weighted by atomic mass is 79.9. The van der Waals surface area contributed by atoms with Crippen LogP contribution in [0, 0.1) is 5.41 Å². The van der Waals surface area contributed by atoms with Gasteiger partial charge in [-0.25, -0.2) is 0 Å². The summed E-state index contributed by atoms with van der Waals surface area (Å²) in [6.07, 6.45) is 9.40. The van der Waals surface area contributed by atoms with Crippen LogP contribution in [0.5, 0.6) is 0 Å². The molecule has 2 aliphatic rings. The first kappa shape index (κ1) is 18.4. The van der Waals surface area contributed by atoms with Crippen LogP contribution in [0.15, 0.2) is 77.3 Å². The summed E-state index contributed by atoms with van der Waals surface area (Å²) >= 11 is 3.74. The molecular weight excluding hydrogens is 452 g/mol. The molecule has 5 aromatic carbocycles. The summed E-state index contributed by atoms with van der Waals surface area (Å²) in [5, 5.41) is 10.8. The zero-order valence-electron chi connectivity index (χ0n) is 18.0. The van der Waals surface area contributed by atoms with Gasteiger partial charge in [0.05, 0.1) is 0 Å². The molecule has 0 heterocycles. The maximum absolute atomic E-state index is 3.74. The fourth-order valence-corrected chi connectivity index (χ4v) is 6.11. The number of allylic oxidation sites excluding steroid dienone is 1. The second kappa shape index (κ2) is 6.21. The molecule has 0 N–H and O–H groups in total. The van der Waals surface area contributed by atoms with Gasteiger partial charge in [0, 0.05) is 9.89 Å². The van der Waals surface area contributed by atoms with Gasteiger partial charge in [-0.15, -0.1) is 0 Å². The van der Waals surface area contributed by atoms with Crippen molar-refractivity contribution in [1.82, 2.24) is 0 Å². The quantitative estimate of drug-likeness (QED) is 0.216. The maximum atomic E-state index is 3.74. The van der Waals surface area contributed by atoms with Crippen molar-refractivity contribution in [3.8, 4) is 11.1 Å². The van der Waals surface area contributed by atoms with E-state index in [0.717, 1.165) is 4.47 Å². The summed E-state index contributed by atoms with van der Waals surface area (Å²) in [5.74, 6) is 0. The van der Waals surface area contributed by atoms with Crippen molar-refractivity contribution in [3.05, 3.63) is 98.8 Å². The second-order valence-corrected chi connectivity index (χ2v) is 10.5. The Bertz CT molecular complexity index is 1800. The van der Waals surface area contributed by atoms with E-state index in [-0.39, 0.29) is 5.41 Å². The summed E-state index contributed by atoms with van der Waals surface area (Å²) in [4.78, 5) is 0. The number of hydrogen-bond donors (Lipinski definition) is 0. The highest BCUT2D eigenvalue weighted by Crippen LogP contribution is 2.40. The lowest BCUT2D eigenvalue weighted by Crippen LogP contribution is -2.21. The molecule has 0 unspecified atom stereocenters. The molecule has 7 rings (SSSR count). The first-order valence-corrected chi connectivity index (χ1v) is 11.9. The van der Waals surface area contributed by atoms with Crippen LogP contribution < -0.4 is 10.4 Å². The molecule has 0 aromatic heterocycles. The predicted octanol–water partition coefficient (Wildman–Crippen LogP) is 7.55. The summed E-state index contributed by atoms with van der Waals surface area (Å²) in [6, 6.07) is 24.7. The van der Waals surface area contributed by atoms with E-state index in [9.17, 15) is 0 Å². The number of fused-ring (bicyclic) bond motifs is 3. The Labute approximate surface area is 195 Å².